The lowest BCUT2D eigenvalue weighted by Gasteiger charge is -2.13. The molecule has 1 aromatic carbocycles. The minimum Gasteiger partial charge on any atom is -0.383 e. The number of hydrogen-bond donors (Lipinski definition) is 2. The quantitative estimate of drug-likeness (QED) is 0.849. The minimum absolute atomic E-state index is 0.444. The molecule has 0 aliphatic heterocycles. The predicted molar refractivity (Wildman–Crippen MR) is 74.4 cm³/mol. The number of nitrogens with two attached hydrogens (primary N) is 2. The van der Waals surface area contributed by atoms with E-state index >= 15 is 0 Å². The Morgan fingerprint density at radius 1 is 1.00 bits per heavy atom. The molecule has 94 valence electrons. The summed E-state index contributed by atoms with van der Waals surface area (Å²) < 4.78 is 0. The molecule has 1 heterocycles. The summed E-state index contributed by atoms with van der Waals surface area (Å²) in [5.41, 5.74) is 14.7. The fraction of sp³-hybridized carbons (Fsp3) is 0.231. The number of anilines is 3. The van der Waals surface area contributed by atoms with Gasteiger partial charge in [0.15, 0.2) is 0 Å². The smallest absolute Gasteiger partial charge is 0.132 e. The maximum Gasteiger partial charge on any atom is 0.132 e. The number of nitrogens with zero attached hydrogens (tertiary/aromatic N) is 3. The van der Waals surface area contributed by atoms with Crippen LogP contribution < -0.4 is 16.4 Å². The van der Waals surface area contributed by atoms with Crippen molar-refractivity contribution < 1.29 is 0 Å². The van der Waals surface area contributed by atoms with Crippen LogP contribution in [0, 0.1) is 0 Å². The first kappa shape index (κ1) is 12.2. The normalized spacial score (nSPS) is 10.3. The van der Waals surface area contributed by atoms with Gasteiger partial charge in [0.25, 0.3) is 0 Å². The molecular weight excluding hydrogens is 226 g/mol. The van der Waals surface area contributed by atoms with E-state index in [9.17, 15) is 0 Å². The summed E-state index contributed by atoms with van der Waals surface area (Å²) in [5, 5.41) is 0. The maximum atomic E-state index is 5.81. The zero-order valence-electron chi connectivity index (χ0n) is 10.6. The van der Waals surface area contributed by atoms with Crippen molar-refractivity contribution in [3.05, 3.63) is 41.7 Å². The van der Waals surface area contributed by atoms with Crippen molar-refractivity contribution in [2.24, 2.45) is 0 Å². The number of hydrogen-bond acceptors (Lipinski definition) is 5. The number of rotatable bonds is 3. The molecule has 0 atom stereocenters. The molecule has 0 radical (unpaired) electrons. The Hall–Kier alpha value is -2.30. The summed E-state index contributed by atoms with van der Waals surface area (Å²) in [6.45, 7) is 0. The van der Waals surface area contributed by atoms with Crippen LogP contribution >= 0.6 is 0 Å². The molecule has 0 aliphatic carbocycles. The number of nitrogen functional groups attached to an aromatic ring is 2. The highest BCUT2D eigenvalue weighted by molar-refractivity contribution is 5.55. The van der Waals surface area contributed by atoms with Gasteiger partial charge in [0.2, 0.25) is 0 Å². The van der Waals surface area contributed by atoms with Gasteiger partial charge in [-0.2, -0.15) is 0 Å². The van der Waals surface area contributed by atoms with Gasteiger partial charge in [-0.25, -0.2) is 9.97 Å². The van der Waals surface area contributed by atoms with Crippen molar-refractivity contribution in [3.8, 4) is 0 Å². The van der Waals surface area contributed by atoms with Crippen molar-refractivity contribution in [1.29, 1.82) is 0 Å². The van der Waals surface area contributed by atoms with Gasteiger partial charge in [-0.15, -0.1) is 0 Å². The molecule has 2 aromatic rings. The van der Waals surface area contributed by atoms with Gasteiger partial charge in [-0.05, 0) is 17.7 Å². The van der Waals surface area contributed by atoms with Crippen LogP contribution in [0.15, 0.2) is 30.6 Å². The Morgan fingerprint density at radius 2 is 1.56 bits per heavy atom. The third-order valence-corrected chi connectivity index (χ3v) is 2.85. The molecule has 0 bridgehead atoms. The van der Waals surface area contributed by atoms with E-state index in [0.29, 0.717) is 18.1 Å². The number of aromatic nitrogens is 2. The molecule has 5 heteroatoms. The van der Waals surface area contributed by atoms with Crippen LogP contribution in [0.5, 0.6) is 0 Å². The van der Waals surface area contributed by atoms with Crippen molar-refractivity contribution in [1.82, 2.24) is 9.97 Å². The molecule has 0 fully saturated rings. The zero-order valence-corrected chi connectivity index (χ0v) is 10.6. The Kier molecular flexibility index (Phi) is 3.32. The highest BCUT2D eigenvalue weighted by Gasteiger charge is 2.07. The second-order valence-electron chi connectivity index (χ2n) is 4.36. The fourth-order valence-corrected chi connectivity index (χ4v) is 1.74. The van der Waals surface area contributed by atoms with Crippen LogP contribution in [0.25, 0.3) is 0 Å². The van der Waals surface area contributed by atoms with Crippen LogP contribution in [-0.2, 0) is 6.42 Å². The zero-order chi connectivity index (χ0) is 13.1. The molecule has 0 saturated carbocycles. The Balaban J connectivity index is 2.24. The van der Waals surface area contributed by atoms with E-state index in [0.717, 1.165) is 16.8 Å². The first-order chi connectivity index (χ1) is 8.58. The van der Waals surface area contributed by atoms with Gasteiger partial charge >= 0.3 is 0 Å². The fourth-order valence-electron chi connectivity index (χ4n) is 1.74. The molecule has 5 nitrogen and oxygen atoms in total. The molecule has 1 aromatic heterocycles. The van der Waals surface area contributed by atoms with Crippen LogP contribution in [0.1, 0.15) is 11.1 Å². The van der Waals surface area contributed by atoms with Crippen molar-refractivity contribution in [2.75, 3.05) is 30.5 Å². The second kappa shape index (κ2) is 4.91. The molecule has 0 unspecified atom stereocenters. The van der Waals surface area contributed by atoms with E-state index in [4.69, 9.17) is 11.5 Å². The van der Waals surface area contributed by atoms with E-state index in [1.54, 1.807) is 0 Å². The van der Waals surface area contributed by atoms with Crippen molar-refractivity contribution >= 4 is 17.3 Å². The van der Waals surface area contributed by atoms with E-state index in [1.807, 2.05) is 14.1 Å². The minimum atomic E-state index is 0.444. The molecule has 0 amide bonds. The maximum absolute atomic E-state index is 5.81. The first-order valence-electron chi connectivity index (χ1n) is 5.69. The van der Waals surface area contributed by atoms with Crippen LogP contribution in [0.3, 0.4) is 0 Å². The first-order valence-corrected chi connectivity index (χ1v) is 5.69. The van der Waals surface area contributed by atoms with Gasteiger partial charge in [0.1, 0.15) is 18.0 Å². The standard InChI is InChI=1S/C13H17N5/c1-18(2)10-5-3-9(4-6-10)7-11-12(14)16-8-17-13(11)15/h3-6,8H,7H2,1-2H3,(H4,14,15,16,17). The summed E-state index contributed by atoms with van der Waals surface area (Å²) >= 11 is 0. The summed E-state index contributed by atoms with van der Waals surface area (Å²) in [7, 11) is 4.02. The van der Waals surface area contributed by atoms with Gasteiger partial charge < -0.3 is 16.4 Å². The second-order valence-corrected chi connectivity index (χ2v) is 4.36. The average molecular weight is 243 g/mol. The van der Waals surface area contributed by atoms with Gasteiger partial charge in [-0.3, -0.25) is 0 Å². The molecule has 4 N–H and O–H groups in total. The molecule has 0 spiro atoms. The Morgan fingerprint density at radius 3 is 2.06 bits per heavy atom. The Labute approximate surface area is 106 Å². The summed E-state index contributed by atoms with van der Waals surface area (Å²) in [6.07, 6.45) is 2.02. The third-order valence-electron chi connectivity index (χ3n) is 2.85. The Bertz CT molecular complexity index is 513. The highest BCUT2D eigenvalue weighted by Crippen LogP contribution is 2.20. The van der Waals surface area contributed by atoms with Gasteiger partial charge in [0.05, 0.1) is 0 Å². The van der Waals surface area contributed by atoms with Crippen LogP contribution in [0.4, 0.5) is 17.3 Å². The number of benzene rings is 1. The van der Waals surface area contributed by atoms with Crippen molar-refractivity contribution in [2.45, 2.75) is 6.42 Å². The van der Waals surface area contributed by atoms with E-state index in [-0.39, 0.29) is 0 Å². The molecule has 18 heavy (non-hydrogen) atoms. The largest absolute Gasteiger partial charge is 0.383 e. The lowest BCUT2D eigenvalue weighted by molar-refractivity contribution is 1.08. The van der Waals surface area contributed by atoms with Crippen LogP contribution in [-0.4, -0.2) is 24.1 Å². The highest BCUT2D eigenvalue weighted by atomic mass is 15.1. The molecule has 0 aliphatic rings. The average Bonchev–Trinajstić information content (AvgIpc) is 2.34. The van der Waals surface area contributed by atoms with E-state index in [1.165, 1.54) is 6.33 Å². The molecule has 0 saturated heterocycles. The summed E-state index contributed by atoms with van der Waals surface area (Å²) in [5.74, 6) is 0.887. The van der Waals surface area contributed by atoms with Crippen LogP contribution in [0.2, 0.25) is 0 Å². The van der Waals surface area contributed by atoms with E-state index < -0.39 is 0 Å². The predicted octanol–water partition coefficient (Wildman–Crippen LogP) is 1.30. The van der Waals surface area contributed by atoms with Gasteiger partial charge in [-0.1, -0.05) is 12.1 Å². The molecular formula is C13H17N5. The SMILES string of the molecule is CN(C)c1ccc(Cc2c(N)ncnc2N)cc1. The monoisotopic (exact) mass is 243 g/mol. The summed E-state index contributed by atoms with van der Waals surface area (Å²) in [4.78, 5) is 9.97. The lowest BCUT2D eigenvalue weighted by atomic mass is 10.1. The van der Waals surface area contributed by atoms with Gasteiger partial charge in [0, 0.05) is 31.8 Å². The third kappa shape index (κ3) is 2.51. The topological polar surface area (TPSA) is 81.1 Å². The lowest BCUT2D eigenvalue weighted by Crippen LogP contribution is -2.08. The summed E-state index contributed by atoms with van der Waals surface area (Å²) in [6, 6.07) is 8.24. The van der Waals surface area contributed by atoms with E-state index in [2.05, 4.69) is 39.1 Å². The van der Waals surface area contributed by atoms with Crippen molar-refractivity contribution in [3.63, 3.8) is 0 Å². The molecule has 2 rings (SSSR count).